The van der Waals surface area contributed by atoms with Gasteiger partial charge in [-0.15, -0.1) is 0 Å². The summed E-state index contributed by atoms with van der Waals surface area (Å²) in [6.07, 6.45) is 10.4. The van der Waals surface area contributed by atoms with Crippen LogP contribution in [0.25, 0.3) is 0 Å². The highest BCUT2D eigenvalue weighted by atomic mass is 16.4. The Morgan fingerprint density at radius 2 is 1.85 bits per heavy atom. The molecule has 4 atom stereocenters. The molecule has 0 aliphatic heterocycles. The van der Waals surface area contributed by atoms with Crippen molar-refractivity contribution in [3.05, 3.63) is 36.0 Å². The van der Waals surface area contributed by atoms with Crippen LogP contribution in [-0.2, 0) is 4.79 Å². The fourth-order valence-corrected chi connectivity index (χ4v) is 2.83. The van der Waals surface area contributed by atoms with Crippen molar-refractivity contribution in [2.75, 3.05) is 0 Å². The number of aliphatic carboxylic acids is 1. The molecule has 3 rings (SSSR count). The predicted octanol–water partition coefficient (Wildman–Crippen LogP) is 1.62. The third-order valence-corrected chi connectivity index (χ3v) is 3.38. The number of hydrogen-bond acceptors (Lipinski definition) is 1. The summed E-state index contributed by atoms with van der Waals surface area (Å²) in [5.74, 6) is 0.769. The van der Waals surface area contributed by atoms with E-state index in [0.29, 0.717) is 23.3 Å². The van der Waals surface area contributed by atoms with Gasteiger partial charge in [-0.2, -0.15) is 0 Å². The van der Waals surface area contributed by atoms with Crippen molar-refractivity contribution in [3.8, 4) is 0 Å². The quantitative estimate of drug-likeness (QED) is 0.613. The first-order valence-corrected chi connectivity index (χ1v) is 4.59. The minimum Gasteiger partial charge on any atom is -0.478 e. The molecule has 0 saturated carbocycles. The van der Waals surface area contributed by atoms with Crippen molar-refractivity contribution in [3.63, 3.8) is 0 Å². The fourth-order valence-electron chi connectivity index (χ4n) is 2.83. The maximum absolute atomic E-state index is 10.9. The molecule has 0 heterocycles. The molecule has 0 saturated heterocycles. The van der Waals surface area contributed by atoms with Gasteiger partial charge in [0.1, 0.15) is 0 Å². The first-order chi connectivity index (χ1) is 6.27. The highest BCUT2D eigenvalue weighted by Gasteiger charge is 2.45. The van der Waals surface area contributed by atoms with Crippen molar-refractivity contribution in [2.24, 2.45) is 23.7 Å². The van der Waals surface area contributed by atoms with Crippen molar-refractivity contribution in [1.82, 2.24) is 0 Å². The lowest BCUT2D eigenvalue weighted by Crippen LogP contribution is -2.15. The summed E-state index contributed by atoms with van der Waals surface area (Å²) in [6, 6.07) is 0. The molecule has 3 aliphatic rings. The van der Waals surface area contributed by atoms with Gasteiger partial charge >= 0.3 is 5.97 Å². The summed E-state index contributed by atoms with van der Waals surface area (Å²) in [6.45, 7) is 0. The van der Waals surface area contributed by atoms with Crippen LogP contribution in [0.1, 0.15) is 0 Å². The smallest absolute Gasteiger partial charge is 0.331 e. The van der Waals surface area contributed by atoms with E-state index in [0.717, 1.165) is 0 Å². The average Bonchev–Trinajstić information content (AvgIpc) is 2.72. The highest BCUT2D eigenvalue weighted by Crippen LogP contribution is 2.50. The van der Waals surface area contributed by atoms with Gasteiger partial charge in [0.05, 0.1) is 0 Å². The third-order valence-electron chi connectivity index (χ3n) is 3.38. The number of carbonyl (C=O) groups is 1. The van der Waals surface area contributed by atoms with Gasteiger partial charge in [-0.25, -0.2) is 4.79 Å². The summed E-state index contributed by atoms with van der Waals surface area (Å²) >= 11 is 0. The standard InChI is InChI=1S/C11H10O2/c12-11(13)9-5-7-2-1-6-3-4-8(9)10(6)7/h1-8,10H,(H,12,13)/t6-,7-,8-,10-/m0/s1. The molecule has 0 aromatic carbocycles. The molecule has 2 heteroatoms. The fraction of sp³-hybridized carbons (Fsp3) is 0.364. The normalized spacial score (nSPS) is 43.8. The van der Waals surface area contributed by atoms with Crippen molar-refractivity contribution >= 4 is 5.97 Å². The van der Waals surface area contributed by atoms with Crippen LogP contribution < -0.4 is 0 Å². The lowest BCUT2D eigenvalue weighted by atomic mass is 9.87. The zero-order valence-electron chi connectivity index (χ0n) is 7.05. The van der Waals surface area contributed by atoms with Gasteiger partial charge in [-0.1, -0.05) is 30.4 Å². The third kappa shape index (κ3) is 0.755. The van der Waals surface area contributed by atoms with Crippen LogP contribution in [0.5, 0.6) is 0 Å². The highest BCUT2D eigenvalue weighted by molar-refractivity contribution is 5.89. The van der Waals surface area contributed by atoms with Gasteiger partial charge < -0.3 is 5.11 Å². The van der Waals surface area contributed by atoms with Gasteiger partial charge in [-0.05, 0) is 11.8 Å². The Morgan fingerprint density at radius 3 is 2.62 bits per heavy atom. The van der Waals surface area contributed by atoms with Gasteiger partial charge in [0, 0.05) is 17.4 Å². The Morgan fingerprint density at radius 1 is 1.15 bits per heavy atom. The van der Waals surface area contributed by atoms with E-state index >= 15 is 0 Å². The number of hydrogen-bond donors (Lipinski definition) is 1. The molecular weight excluding hydrogens is 164 g/mol. The summed E-state index contributed by atoms with van der Waals surface area (Å²) in [4.78, 5) is 10.9. The summed E-state index contributed by atoms with van der Waals surface area (Å²) < 4.78 is 0. The minimum atomic E-state index is -0.752. The minimum absolute atomic E-state index is 0.169. The zero-order chi connectivity index (χ0) is 9.00. The molecule has 0 unspecified atom stereocenters. The molecule has 0 radical (unpaired) electrons. The molecule has 0 fully saturated rings. The Kier molecular flexibility index (Phi) is 1.17. The first kappa shape index (κ1) is 7.13. The molecule has 2 nitrogen and oxygen atoms in total. The number of rotatable bonds is 1. The van der Waals surface area contributed by atoms with Crippen LogP contribution >= 0.6 is 0 Å². The monoisotopic (exact) mass is 174 g/mol. The van der Waals surface area contributed by atoms with Crippen LogP contribution in [0.2, 0.25) is 0 Å². The van der Waals surface area contributed by atoms with Gasteiger partial charge in [-0.3, -0.25) is 0 Å². The van der Waals surface area contributed by atoms with Crippen molar-refractivity contribution in [2.45, 2.75) is 0 Å². The van der Waals surface area contributed by atoms with Crippen molar-refractivity contribution < 1.29 is 9.90 Å². The maximum atomic E-state index is 10.9. The maximum Gasteiger partial charge on any atom is 0.331 e. The second-order valence-corrected chi connectivity index (χ2v) is 3.95. The predicted molar refractivity (Wildman–Crippen MR) is 48.0 cm³/mol. The van der Waals surface area contributed by atoms with E-state index < -0.39 is 5.97 Å². The SMILES string of the molecule is O=C(O)C1=C[C@@H]2C=C[C@H]3C=C[C@@H]1[C@@H]32. The molecule has 0 aromatic rings. The molecule has 0 amide bonds. The van der Waals surface area contributed by atoms with E-state index in [2.05, 4.69) is 24.3 Å². The lowest BCUT2D eigenvalue weighted by molar-refractivity contribution is -0.133. The van der Waals surface area contributed by atoms with E-state index in [-0.39, 0.29) is 5.92 Å². The molecular formula is C11H10O2. The van der Waals surface area contributed by atoms with Crippen molar-refractivity contribution in [1.29, 1.82) is 0 Å². The zero-order valence-corrected chi connectivity index (χ0v) is 7.05. The number of carboxylic acids is 1. The van der Waals surface area contributed by atoms with Crippen LogP contribution in [0.4, 0.5) is 0 Å². The summed E-state index contributed by atoms with van der Waals surface area (Å²) in [5.41, 5.74) is 0.595. The average molecular weight is 174 g/mol. The van der Waals surface area contributed by atoms with E-state index in [1.165, 1.54) is 0 Å². The molecule has 66 valence electrons. The summed E-state index contributed by atoms with van der Waals surface area (Å²) in [5, 5.41) is 8.96. The topological polar surface area (TPSA) is 37.3 Å². The molecule has 0 bridgehead atoms. The Balaban J connectivity index is 2.07. The van der Waals surface area contributed by atoms with Crippen LogP contribution in [0.15, 0.2) is 36.0 Å². The second kappa shape index (κ2) is 2.13. The Hall–Kier alpha value is -1.31. The summed E-state index contributed by atoms with van der Waals surface area (Å²) in [7, 11) is 0. The Bertz CT molecular complexity index is 362. The second-order valence-electron chi connectivity index (χ2n) is 3.95. The van der Waals surface area contributed by atoms with Crippen LogP contribution in [-0.4, -0.2) is 11.1 Å². The van der Waals surface area contributed by atoms with Crippen LogP contribution in [0, 0.1) is 23.7 Å². The van der Waals surface area contributed by atoms with E-state index in [9.17, 15) is 4.79 Å². The van der Waals surface area contributed by atoms with Gasteiger partial charge in [0.25, 0.3) is 0 Å². The van der Waals surface area contributed by atoms with E-state index in [1.54, 1.807) is 0 Å². The number of allylic oxidation sites excluding steroid dienone is 5. The molecule has 0 aromatic heterocycles. The number of carboxylic acid groups (broad SMARTS) is 1. The molecule has 13 heavy (non-hydrogen) atoms. The molecule has 0 spiro atoms. The first-order valence-electron chi connectivity index (χ1n) is 4.59. The van der Waals surface area contributed by atoms with Gasteiger partial charge in [0.2, 0.25) is 0 Å². The Labute approximate surface area is 76.3 Å². The van der Waals surface area contributed by atoms with E-state index in [1.807, 2.05) is 6.08 Å². The van der Waals surface area contributed by atoms with E-state index in [4.69, 9.17) is 5.11 Å². The largest absolute Gasteiger partial charge is 0.478 e. The lowest BCUT2D eigenvalue weighted by Gasteiger charge is -2.15. The van der Waals surface area contributed by atoms with Gasteiger partial charge in [0.15, 0.2) is 0 Å². The molecule has 3 aliphatic carbocycles. The van der Waals surface area contributed by atoms with Crippen LogP contribution in [0.3, 0.4) is 0 Å². The molecule has 1 N–H and O–H groups in total.